The molecule has 6 aliphatic rings. The molecule has 6 aromatic carbocycles. The minimum absolute atomic E-state index is 0.155. The fourth-order valence-electron chi connectivity index (χ4n) is 13.3. The summed E-state index contributed by atoms with van der Waals surface area (Å²) >= 11 is 0. The quantitative estimate of drug-likeness (QED) is 0.0488. The van der Waals surface area contributed by atoms with Gasteiger partial charge in [-0.15, -0.1) is 0 Å². The Balaban J connectivity index is 0.000000125. The molecule has 0 saturated heterocycles. The molecule has 6 aliphatic heterocycles. The third kappa shape index (κ3) is 12.1. The van der Waals surface area contributed by atoms with Crippen LogP contribution in [0.5, 0.6) is 0 Å². The van der Waals surface area contributed by atoms with Gasteiger partial charge in [0.05, 0.1) is 53.9 Å². The van der Waals surface area contributed by atoms with Crippen LogP contribution in [-0.4, -0.2) is 171 Å². The summed E-state index contributed by atoms with van der Waals surface area (Å²) in [5.74, 6) is -6.48. The number of hydrogen-bond donors (Lipinski definition) is 1. The number of benzene rings is 6. The lowest BCUT2D eigenvalue weighted by atomic mass is 9.86. The van der Waals surface area contributed by atoms with Crippen LogP contribution in [0.2, 0.25) is 0 Å². The standard InChI is InChI=1S/2C26H22N6O4.C14H4O6.C6H11N3/c2*33-23-17-3-5-19-22-20(26(36)32(25(19)35)12-2-10-30-14-8-28-16-30)6-4-18(21(17)22)24(34)31(23)11-1-9-29-13-7-27-15-29;15-11-5-1-2-6-10-8(14(18)20-12(6)16)4-3-7(9(5)10)13(17)19-11;7-2-1-4-9-5-3-8-6-9/h2*3-8,13-16H,1-2,9-12H2;1-4H;3,5-6H,1-2,4,7H2. The van der Waals surface area contributed by atoms with E-state index in [0.717, 1.165) is 19.5 Å². The number of carbonyl (C=O) groups is 12. The summed E-state index contributed by atoms with van der Waals surface area (Å²) in [7, 11) is 0. The average Bonchev–Trinajstić information content (AvgIpc) is 1.56. The van der Waals surface area contributed by atoms with Crippen molar-refractivity contribution in [2.75, 3.05) is 32.7 Å². The molecule has 0 radical (unpaired) electrons. The molecular formula is C72H59N15O14. The number of nitrogens with zero attached hydrogens (tertiary/aromatic N) is 14. The fraction of sp³-hybridized carbons (Fsp3) is 0.208. The zero-order chi connectivity index (χ0) is 70.2. The molecule has 29 nitrogen and oxygen atoms in total. The Labute approximate surface area is 571 Å². The lowest BCUT2D eigenvalue weighted by Crippen LogP contribution is -2.44. The first kappa shape index (κ1) is 65.2. The molecule has 8 amide bonds. The molecule has 11 aromatic rings. The van der Waals surface area contributed by atoms with E-state index in [0.29, 0.717) is 118 Å². The first-order valence-electron chi connectivity index (χ1n) is 32.4. The highest BCUT2D eigenvalue weighted by Gasteiger charge is 2.42. The highest BCUT2D eigenvalue weighted by atomic mass is 16.6. The molecule has 0 unspecified atom stereocenters. The second-order valence-corrected chi connectivity index (χ2v) is 24.2. The number of amides is 8. The van der Waals surface area contributed by atoms with Crippen LogP contribution in [0.15, 0.2) is 166 Å². The summed E-state index contributed by atoms with van der Waals surface area (Å²) in [6.07, 6.45) is 29.6. The van der Waals surface area contributed by atoms with Gasteiger partial charge in [0, 0.05) is 198 Å². The van der Waals surface area contributed by atoms with Crippen molar-refractivity contribution in [3.8, 4) is 0 Å². The topological polar surface area (TPSA) is 351 Å². The Bertz CT molecular complexity index is 4500. The summed E-state index contributed by atoms with van der Waals surface area (Å²) in [6, 6.07) is 18.3. The molecule has 0 saturated carbocycles. The van der Waals surface area contributed by atoms with Crippen molar-refractivity contribution in [3.63, 3.8) is 0 Å². The molecular weight excluding hydrogens is 1300 g/mol. The molecule has 0 bridgehead atoms. The number of imidazole rings is 5. The van der Waals surface area contributed by atoms with Gasteiger partial charge in [-0.2, -0.15) is 0 Å². The smallest absolute Gasteiger partial charge is 0.346 e. The number of cyclic esters (lactones) is 4. The second-order valence-electron chi connectivity index (χ2n) is 24.2. The van der Waals surface area contributed by atoms with Crippen molar-refractivity contribution in [2.45, 2.75) is 64.8 Å². The summed E-state index contributed by atoms with van der Waals surface area (Å²) in [4.78, 5) is 178. The lowest BCUT2D eigenvalue weighted by Gasteiger charge is -2.32. The van der Waals surface area contributed by atoms with Crippen molar-refractivity contribution in [2.24, 2.45) is 5.73 Å². The number of esters is 4. The summed E-state index contributed by atoms with van der Waals surface area (Å²) in [6.45, 7) is 5.23. The number of rotatable bonds is 19. The maximum atomic E-state index is 13.3. The van der Waals surface area contributed by atoms with Crippen LogP contribution in [-0.2, 0) is 42.2 Å². The Hall–Kier alpha value is -13.1. The van der Waals surface area contributed by atoms with Crippen LogP contribution in [0.4, 0.5) is 0 Å². The van der Waals surface area contributed by atoms with Gasteiger partial charge in [-0.05, 0) is 111 Å². The van der Waals surface area contributed by atoms with Gasteiger partial charge in [-0.1, -0.05) is 0 Å². The maximum Gasteiger partial charge on any atom is 0.346 e. The van der Waals surface area contributed by atoms with E-state index in [9.17, 15) is 57.5 Å². The number of aromatic nitrogens is 10. The van der Waals surface area contributed by atoms with Crippen LogP contribution in [0.3, 0.4) is 0 Å². The molecule has 0 aliphatic carbocycles. The molecule has 29 heteroatoms. The average molecular weight is 1360 g/mol. The van der Waals surface area contributed by atoms with Gasteiger partial charge in [-0.25, -0.2) is 44.1 Å². The van der Waals surface area contributed by atoms with Crippen LogP contribution in [0, 0.1) is 0 Å². The van der Waals surface area contributed by atoms with Crippen LogP contribution >= 0.6 is 0 Å². The van der Waals surface area contributed by atoms with Crippen molar-refractivity contribution < 1.29 is 67.0 Å². The zero-order valence-corrected chi connectivity index (χ0v) is 53.7. The minimum atomic E-state index is -0.794. The Morgan fingerprint density at radius 3 is 0.604 bits per heavy atom. The highest BCUT2D eigenvalue weighted by Crippen LogP contribution is 2.41. The van der Waals surface area contributed by atoms with E-state index < -0.39 is 71.1 Å². The predicted molar refractivity (Wildman–Crippen MR) is 356 cm³/mol. The minimum Gasteiger partial charge on any atom is -0.386 e. The van der Waals surface area contributed by atoms with E-state index in [2.05, 4.69) is 34.4 Å². The van der Waals surface area contributed by atoms with Crippen molar-refractivity contribution in [1.29, 1.82) is 0 Å². The molecule has 0 spiro atoms. The van der Waals surface area contributed by atoms with Gasteiger partial charge < -0.3 is 38.0 Å². The van der Waals surface area contributed by atoms with E-state index in [-0.39, 0.29) is 59.2 Å². The molecule has 506 valence electrons. The third-order valence-electron chi connectivity index (χ3n) is 18.1. The van der Waals surface area contributed by atoms with E-state index in [1.165, 1.54) is 43.9 Å². The molecule has 101 heavy (non-hydrogen) atoms. The van der Waals surface area contributed by atoms with E-state index in [1.54, 1.807) is 111 Å². The normalized spacial score (nSPS) is 14.7. The van der Waals surface area contributed by atoms with Crippen LogP contribution in [0.1, 0.15) is 156 Å². The van der Waals surface area contributed by atoms with Gasteiger partial charge in [0.1, 0.15) is 0 Å². The second kappa shape index (κ2) is 27.5. The Morgan fingerprint density at radius 2 is 0.426 bits per heavy atom. The number of nitrogens with two attached hydrogens (primary N) is 1. The monoisotopic (exact) mass is 1360 g/mol. The van der Waals surface area contributed by atoms with E-state index in [4.69, 9.17) is 5.73 Å². The van der Waals surface area contributed by atoms with Crippen LogP contribution < -0.4 is 5.73 Å². The molecule has 0 fully saturated rings. The van der Waals surface area contributed by atoms with E-state index in [1.807, 2.05) is 53.8 Å². The van der Waals surface area contributed by atoms with Crippen molar-refractivity contribution in [3.05, 3.63) is 233 Å². The van der Waals surface area contributed by atoms with Crippen molar-refractivity contribution >= 4 is 103 Å². The van der Waals surface area contributed by atoms with Crippen molar-refractivity contribution in [1.82, 2.24) is 67.4 Å². The number of ether oxygens (including phenoxy) is 2. The number of carbonyl (C=O) groups excluding carboxylic acids is 12. The van der Waals surface area contributed by atoms with E-state index >= 15 is 0 Å². The molecule has 5 aromatic heterocycles. The number of aryl methyl sites for hydroxylation is 5. The molecule has 17 rings (SSSR count). The third-order valence-corrected chi connectivity index (χ3v) is 18.1. The molecule has 0 atom stereocenters. The Morgan fingerprint density at radius 1 is 0.248 bits per heavy atom. The Kier molecular flexibility index (Phi) is 17.7. The predicted octanol–water partition coefficient (Wildman–Crippen LogP) is 6.90. The largest absolute Gasteiger partial charge is 0.386 e. The molecule has 11 heterocycles. The fourth-order valence-corrected chi connectivity index (χ4v) is 13.3. The zero-order valence-electron chi connectivity index (χ0n) is 53.7. The van der Waals surface area contributed by atoms with Gasteiger partial charge in [0.25, 0.3) is 47.3 Å². The van der Waals surface area contributed by atoms with Crippen LogP contribution in [0.25, 0.3) is 32.3 Å². The molecule has 2 N–H and O–H groups in total. The van der Waals surface area contributed by atoms with Gasteiger partial charge >= 0.3 is 23.9 Å². The maximum absolute atomic E-state index is 13.3. The summed E-state index contributed by atoms with van der Waals surface area (Å²) < 4.78 is 18.8. The summed E-state index contributed by atoms with van der Waals surface area (Å²) in [5.41, 5.74) is 8.61. The number of imide groups is 4. The SMILES string of the molecule is NCCCn1ccnc1.O=C1OC(=O)c2ccc3c4c(ccc1c24)C(=O)OC3=O.O=C1c2ccc3c4c(ccc(c24)C(=O)N1CCCn1ccnc1)C(=O)N(CCCn1ccnc1)C3=O.O=C1c2ccc3c4c(ccc(c24)C(=O)N1CCCn1ccnc1)C(=O)N(CCCn1ccnc1)C3=O. The summed E-state index contributed by atoms with van der Waals surface area (Å²) in [5, 5.41) is 2.12. The van der Waals surface area contributed by atoms with Gasteiger partial charge in [0.2, 0.25) is 0 Å². The van der Waals surface area contributed by atoms with Gasteiger partial charge in [-0.3, -0.25) is 58.0 Å². The number of hydrogen-bond acceptors (Lipinski definition) is 20. The first-order valence-corrected chi connectivity index (χ1v) is 32.4. The first-order chi connectivity index (χ1) is 49.1. The highest BCUT2D eigenvalue weighted by molar-refractivity contribution is 6.35. The lowest BCUT2D eigenvalue weighted by molar-refractivity contribution is 0.0366. The van der Waals surface area contributed by atoms with Gasteiger partial charge in [0.15, 0.2) is 0 Å².